The molecule has 3 heterocycles. The Balaban J connectivity index is 1.59. The number of hydrogen-bond donors (Lipinski definition) is 0. The second-order valence-electron chi connectivity index (χ2n) is 5.28. The van der Waals surface area contributed by atoms with Crippen molar-refractivity contribution >= 4 is 17.5 Å². The lowest BCUT2D eigenvalue weighted by atomic mass is 10.2. The van der Waals surface area contributed by atoms with E-state index in [4.69, 9.17) is 25.5 Å². The van der Waals surface area contributed by atoms with Crippen molar-refractivity contribution in [3.8, 4) is 5.75 Å². The molecular formula is C16H17ClN2O4. The van der Waals surface area contributed by atoms with Crippen LogP contribution >= 0.6 is 11.6 Å². The molecule has 2 aromatic heterocycles. The van der Waals surface area contributed by atoms with Crippen LogP contribution in [0, 0.1) is 6.92 Å². The number of aromatic nitrogens is 1. The van der Waals surface area contributed by atoms with Crippen LogP contribution in [-0.4, -0.2) is 48.2 Å². The number of ether oxygens (including phenoxy) is 2. The monoisotopic (exact) mass is 336 g/mol. The fourth-order valence-corrected chi connectivity index (χ4v) is 2.58. The van der Waals surface area contributed by atoms with Crippen LogP contribution in [0.1, 0.15) is 16.1 Å². The quantitative estimate of drug-likeness (QED) is 0.803. The highest BCUT2D eigenvalue weighted by atomic mass is 35.5. The molecule has 0 saturated carbocycles. The molecule has 0 radical (unpaired) electrons. The van der Waals surface area contributed by atoms with E-state index < -0.39 is 0 Å². The third kappa shape index (κ3) is 3.65. The third-order valence-electron chi connectivity index (χ3n) is 3.63. The number of aryl methyl sites for hydroxylation is 1. The largest absolute Gasteiger partial charge is 0.488 e. The van der Waals surface area contributed by atoms with Crippen molar-refractivity contribution in [2.75, 3.05) is 26.3 Å². The zero-order valence-corrected chi connectivity index (χ0v) is 13.5. The van der Waals surface area contributed by atoms with Crippen LogP contribution in [-0.2, 0) is 4.74 Å². The zero-order valence-electron chi connectivity index (χ0n) is 12.7. The smallest absolute Gasteiger partial charge is 0.289 e. The molecule has 7 heteroatoms. The van der Waals surface area contributed by atoms with Gasteiger partial charge in [0.25, 0.3) is 5.91 Å². The van der Waals surface area contributed by atoms with Gasteiger partial charge in [0.15, 0.2) is 16.7 Å². The van der Waals surface area contributed by atoms with Crippen molar-refractivity contribution in [1.82, 2.24) is 9.88 Å². The Morgan fingerprint density at radius 1 is 1.52 bits per heavy atom. The lowest BCUT2D eigenvalue weighted by Gasteiger charge is -2.32. The minimum absolute atomic E-state index is 0.125. The number of carbonyl (C=O) groups is 1. The second kappa shape index (κ2) is 7.02. The van der Waals surface area contributed by atoms with Crippen molar-refractivity contribution in [3.05, 3.63) is 47.1 Å². The summed E-state index contributed by atoms with van der Waals surface area (Å²) < 4.78 is 16.6. The summed E-state index contributed by atoms with van der Waals surface area (Å²) in [5.41, 5.74) is 0.830. The molecule has 1 aliphatic heterocycles. The highest BCUT2D eigenvalue weighted by molar-refractivity contribution is 6.30. The van der Waals surface area contributed by atoms with E-state index in [1.807, 2.05) is 6.92 Å². The molecule has 0 aromatic carbocycles. The van der Waals surface area contributed by atoms with Gasteiger partial charge in [0.2, 0.25) is 0 Å². The fourth-order valence-electron chi connectivity index (χ4n) is 2.40. The molecule has 122 valence electrons. The summed E-state index contributed by atoms with van der Waals surface area (Å²) in [4.78, 5) is 18.1. The molecule has 0 N–H and O–H groups in total. The molecule has 1 saturated heterocycles. The number of morpholine rings is 1. The van der Waals surface area contributed by atoms with Crippen LogP contribution in [0.5, 0.6) is 5.75 Å². The molecule has 3 rings (SSSR count). The van der Waals surface area contributed by atoms with Crippen molar-refractivity contribution in [2.45, 2.75) is 13.0 Å². The van der Waals surface area contributed by atoms with E-state index in [2.05, 4.69) is 4.98 Å². The van der Waals surface area contributed by atoms with Crippen LogP contribution in [0.15, 0.2) is 35.1 Å². The SMILES string of the molecule is Cc1ccoc1C(=O)N1CCOC(COc2cccnc2Cl)C1. The standard InChI is InChI=1S/C16H17ClN2O4/c1-11-4-7-22-14(11)16(20)19-6-8-21-12(9-19)10-23-13-3-2-5-18-15(13)17/h2-5,7,12H,6,8-10H2,1H3. The van der Waals surface area contributed by atoms with Gasteiger partial charge < -0.3 is 18.8 Å². The summed E-state index contributed by atoms with van der Waals surface area (Å²) in [6, 6.07) is 5.27. The topological polar surface area (TPSA) is 64.8 Å². The number of pyridine rings is 1. The summed E-state index contributed by atoms with van der Waals surface area (Å²) in [6.45, 7) is 3.58. The maximum Gasteiger partial charge on any atom is 0.289 e. The molecule has 2 aromatic rings. The molecule has 6 nitrogen and oxygen atoms in total. The predicted molar refractivity (Wildman–Crippen MR) is 83.8 cm³/mol. The maximum atomic E-state index is 12.5. The summed E-state index contributed by atoms with van der Waals surface area (Å²) >= 11 is 5.95. The zero-order chi connectivity index (χ0) is 16.2. The number of furan rings is 1. The van der Waals surface area contributed by atoms with Gasteiger partial charge in [-0.3, -0.25) is 4.79 Å². The maximum absolute atomic E-state index is 12.5. The first kappa shape index (κ1) is 15.8. The lowest BCUT2D eigenvalue weighted by Crippen LogP contribution is -2.47. The predicted octanol–water partition coefficient (Wildman–Crippen LogP) is 2.56. The van der Waals surface area contributed by atoms with Gasteiger partial charge in [-0.15, -0.1) is 0 Å². The van der Waals surface area contributed by atoms with Gasteiger partial charge in [-0.05, 0) is 25.1 Å². The first-order chi connectivity index (χ1) is 11.1. The minimum Gasteiger partial charge on any atom is -0.488 e. The van der Waals surface area contributed by atoms with Crippen LogP contribution in [0.2, 0.25) is 5.15 Å². The number of nitrogens with zero attached hydrogens (tertiary/aromatic N) is 2. The Labute approximate surface area is 139 Å². The molecule has 1 unspecified atom stereocenters. The van der Waals surface area contributed by atoms with Gasteiger partial charge in [-0.2, -0.15) is 0 Å². The Bertz CT molecular complexity index is 688. The average Bonchev–Trinajstić information content (AvgIpc) is 3.00. The molecule has 1 atom stereocenters. The number of rotatable bonds is 4. The van der Waals surface area contributed by atoms with Gasteiger partial charge in [0.05, 0.1) is 19.4 Å². The van der Waals surface area contributed by atoms with E-state index in [0.717, 1.165) is 5.56 Å². The van der Waals surface area contributed by atoms with Crippen LogP contribution in [0.3, 0.4) is 0 Å². The van der Waals surface area contributed by atoms with Crippen LogP contribution in [0.4, 0.5) is 0 Å². The van der Waals surface area contributed by atoms with Gasteiger partial charge >= 0.3 is 0 Å². The first-order valence-electron chi connectivity index (χ1n) is 7.33. The van der Waals surface area contributed by atoms with E-state index in [1.54, 1.807) is 29.3 Å². The van der Waals surface area contributed by atoms with Gasteiger partial charge in [0.1, 0.15) is 12.7 Å². The normalized spacial score (nSPS) is 18.0. The van der Waals surface area contributed by atoms with Crippen LogP contribution < -0.4 is 4.74 Å². The van der Waals surface area contributed by atoms with Crippen LogP contribution in [0.25, 0.3) is 0 Å². The summed E-state index contributed by atoms with van der Waals surface area (Å²) in [5, 5.41) is 0.308. The molecule has 0 bridgehead atoms. The van der Waals surface area contributed by atoms with Crippen molar-refractivity contribution in [2.24, 2.45) is 0 Å². The molecule has 1 fully saturated rings. The molecule has 1 amide bonds. The Morgan fingerprint density at radius 2 is 2.39 bits per heavy atom. The molecule has 0 aliphatic carbocycles. The second-order valence-corrected chi connectivity index (χ2v) is 5.64. The molecule has 0 spiro atoms. The average molecular weight is 337 g/mol. The highest BCUT2D eigenvalue weighted by Gasteiger charge is 2.28. The summed E-state index contributed by atoms with van der Waals surface area (Å²) in [5.74, 6) is 0.755. The number of hydrogen-bond acceptors (Lipinski definition) is 5. The van der Waals surface area contributed by atoms with Gasteiger partial charge in [-0.1, -0.05) is 11.6 Å². The molecular weight excluding hydrogens is 320 g/mol. The number of amides is 1. The van der Waals surface area contributed by atoms with Gasteiger partial charge in [0, 0.05) is 18.3 Å². The summed E-state index contributed by atoms with van der Waals surface area (Å²) in [7, 11) is 0. The van der Waals surface area contributed by atoms with Crippen molar-refractivity contribution in [1.29, 1.82) is 0 Å². The Kier molecular flexibility index (Phi) is 4.83. The Morgan fingerprint density at radius 3 is 3.13 bits per heavy atom. The van der Waals surface area contributed by atoms with Crippen molar-refractivity contribution < 1.29 is 18.7 Å². The first-order valence-corrected chi connectivity index (χ1v) is 7.71. The van der Waals surface area contributed by atoms with E-state index >= 15 is 0 Å². The number of halogens is 1. The fraction of sp³-hybridized carbons (Fsp3) is 0.375. The van der Waals surface area contributed by atoms with Crippen molar-refractivity contribution in [3.63, 3.8) is 0 Å². The van der Waals surface area contributed by atoms with Gasteiger partial charge in [-0.25, -0.2) is 4.98 Å². The van der Waals surface area contributed by atoms with E-state index in [9.17, 15) is 4.79 Å². The van der Waals surface area contributed by atoms with E-state index in [1.165, 1.54) is 6.26 Å². The van der Waals surface area contributed by atoms with E-state index in [-0.39, 0.29) is 12.0 Å². The minimum atomic E-state index is -0.223. The lowest BCUT2D eigenvalue weighted by molar-refractivity contribution is -0.0408. The highest BCUT2D eigenvalue weighted by Crippen LogP contribution is 2.21. The third-order valence-corrected chi connectivity index (χ3v) is 3.92. The molecule has 1 aliphatic rings. The van der Waals surface area contributed by atoms with E-state index in [0.29, 0.717) is 43.0 Å². The summed E-state index contributed by atoms with van der Waals surface area (Å²) in [6.07, 6.45) is 2.89. The number of carbonyl (C=O) groups excluding carboxylic acids is 1. The molecule has 23 heavy (non-hydrogen) atoms. The Hall–Kier alpha value is -2.05.